The molecule has 3 aromatic rings. The van der Waals surface area contributed by atoms with E-state index in [1.54, 1.807) is 19.3 Å². The van der Waals surface area contributed by atoms with Gasteiger partial charge in [-0.2, -0.15) is 0 Å². The van der Waals surface area contributed by atoms with Crippen LogP contribution in [-0.4, -0.2) is 45.7 Å². The molecule has 1 aromatic carbocycles. The predicted molar refractivity (Wildman–Crippen MR) is 99.7 cm³/mol. The number of pyridine rings is 1. The van der Waals surface area contributed by atoms with Gasteiger partial charge >= 0.3 is 0 Å². The third kappa shape index (κ3) is 3.90. The topological polar surface area (TPSA) is 91.2 Å². The highest BCUT2D eigenvalue weighted by Gasteiger charge is 2.16. The molecule has 4 rings (SSSR count). The Kier molecular flexibility index (Phi) is 4.97. The molecule has 27 heavy (non-hydrogen) atoms. The first-order valence-electron chi connectivity index (χ1n) is 8.97. The van der Waals surface area contributed by atoms with Gasteiger partial charge in [0.15, 0.2) is 5.65 Å². The van der Waals surface area contributed by atoms with Crippen LogP contribution in [0.5, 0.6) is 5.75 Å². The number of hydrogen-bond acceptors (Lipinski definition) is 6. The van der Waals surface area contributed by atoms with Crippen molar-refractivity contribution in [2.45, 2.75) is 12.8 Å². The number of carbonyl (C=O) groups is 1. The summed E-state index contributed by atoms with van der Waals surface area (Å²) in [6.45, 7) is 2.32. The minimum Gasteiger partial charge on any atom is -0.493 e. The van der Waals surface area contributed by atoms with Crippen LogP contribution in [0.2, 0.25) is 0 Å². The Balaban J connectivity index is 1.39. The first-order chi connectivity index (χ1) is 13.2. The molecule has 0 saturated carbocycles. The summed E-state index contributed by atoms with van der Waals surface area (Å²) < 4.78 is 12.8. The quantitative estimate of drug-likeness (QED) is 0.745. The molecule has 1 saturated heterocycles. The number of hydrogen-bond donors (Lipinski definition) is 1. The fraction of sp³-hybridized carbons (Fsp3) is 0.368. The van der Waals surface area contributed by atoms with E-state index in [1.165, 1.54) is 4.68 Å². The number of anilines is 1. The van der Waals surface area contributed by atoms with E-state index in [0.717, 1.165) is 31.8 Å². The number of benzene rings is 1. The molecule has 1 aliphatic heterocycles. The number of aromatic nitrogens is 4. The number of nitrogens with one attached hydrogen (secondary N) is 1. The van der Waals surface area contributed by atoms with Crippen molar-refractivity contribution >= 4 is 22.8 Å². The normalized spacial score (nSPS) is 15.0. The molecule has 0 radical (unpaired) electrons. The van der Waals surface area contributed by atoms with Crippen molar-refractivity contribution in [1.82, 2.24) is 20.0 Å². The SMILES string of the molecule is Cn1nnc2c(C(=O)Nc3ccc(OCC4CCOCC4)cc3)ccnc21. The zero-order valence-electron chi connectivity index (χ0n) is 15.1. The Bertz CT molecular complexity index is 932. The predicted octanol–water partition coefficient (Wildman–Crippen LogP) is 2.42. The van der Waals surface area contributed by atoms with Gasteiger partial charge in [-0.05, 0) is 49.1 Å². The molecule has 1 aliphatic rings. The molecular formula is C19H21N5O3. The van der Waals surface area contributed by atoms with Gasteiger partial charge in [-0.15, -0.1) is 5.10 Å². The lowest BCUT2D eigenvalue weighted by atomic mass is 10.0. The minimum absolute atomic E-state index is 0.251. The van der Waals surface area contributed by atoms with Crippen LogP contribution in [0.3, 0.4) is 0 Å². The Morgan fingerprint density at radius 3 is 2.81 bits per heavy atom. The molecule has 0 atom stereocenters. The van der Waals surface area contributed by atoms with Gasteiger partial charge in [0.1, 0.15) is 11.3 Å². The third-order valence-corrected chi connectivity index (χ3v) is 4.67. The molecule has 3 heterocycles. The van der Waals surface area contributed by atoms with Gasteiger partial charge in [-0.1, -0.05) is 5.21 Å². The highest BCUT2D eigenvalue weighted by atomic mass is 16.5. The van der Waals surface area contributed by atoms with Crippen molar-refractivity contribution in [1.29, 1.82) is 0 Å². The highest BCUT2D eigenvalue weighted by Crippen LogP contribution is 2.21. The van der Waals surface area contributed by atoms with E-state index >= 15 is 0 Å². The molecule has 8 nitrogen and oxygen atoms in total. The number of nitrogens with zero attached hydrogens (tertiary/aromatic N) is 4. The van der Waals surface area contributed by atoms with Crippen molar-refractivity contribution in [2.75, 3.05) is 25.1 Å². The summed E-state index contributed by atoms with van der Waals surface area (Å²) in [6.07, 6.45) is 3.65. The fourth-order valence-electron chi connectivity index (χ4n) is 3.08. The van der Waals surface area contributed by atoms with E-state index in [4.69, 9.17) is 9.47 Å². The van der Waals surface area contributed by atoms with Crippen LogP contribution in [-0.2, 0) is 11.8 Å². The Labute approximate surface area is 156 Å². The molecule has 1 N–H and O–H groups in total. The number of ether oxygens (including phenoxy) is 2. The lowest BCUT2D eigenvalue weighted by molar-refractivity contribution is 0.0497. The van der Waals surface area contributed by atoms with Gasteiger partial charge in [0, 0.05) is 32.1 Å². The monoisotopic (exact) mass is 367 g/mol. The summed E-state index contributed by atoms with van der Waals surface area (Å²) in [4.78, 5) is 16.8. The number of rotatable bonds is 5. The van der Waals surface area contributed by atoms with Crippen LogP contribution in [0.1, 0.15) is 23.2 Å². The van der Waals surface area contributed by atoms with E-state index in [2.05, 4.69) is 20.6 Å². The van der Waals surface area contributed by atoms with Crippen molar-refractivity contribution in [2.24, 2.45) is 13.0 Å². The summed E-state index contributed by atoms with van der Waals surface area (Å²) in [5.74, 6) is 1.08. The molecular weight excluding hydrogens is 346 g/mol. The second kappa shape index (κ2) is 7.71. The third-order valence-electron chi connectivity index (χ3n) is 4.67. The number of fused-ring (bicyclic) bond motifs is 1. The largest absolute Gasteiger partial charge is 0.493 e. The molecule has 1 amide bonds. The molecule has 140 valence electrons. The smallest absolute Gasteiger partial charge is 0.258 e. The number of amides is 1. The standard InChI is InChI=1S/C19H21N5O3/c1-24-18-17(22-23-24)16(6-9-20-18)19(25)21-14-2-4-15(5-3-14)27-12-13-7-10-26-11-8-13/h2-6,9,13H,7-8,10-12H2,1H3,(H,21,25). The Hall–Kier alpha value is -3.00. The van der Waals surface area contributed by atoms with E-state index in [0.29, 0.717) is 34.9 Å². The fourth-order valence-corrected chi connectivity index (χ4v) is 3.08. The summed E-state index contributed by atoms with van der Waals surface area (Å²) >= 11 is 0. The highest BCUT2D eigenvalue weighted by molar-refractivity contribution is 6.10. The average Bonchev–Trinajstić information content (AvgIpc) is 3.09. The van der Waals surface area contributed by atoms with Crippen LogP contribution >= 0.6 is 0 Å². The molecule has 0 spiro atoms. The van der Waals surface area contributed by atoms with Crippen LogP contribution in [0.15, 0.2) is 36.5 Å². The maximum absolute atomic E-state index is 12.6. The van der Waals surface area contributed by atoms with E-state index in [1.807, 2.05) is 24.3 Å². The Morgan fingerprint density at radius 2 is 2.04 bits per heavy atom. The zero-order chi connectivity index (χ0) is 18.6. The van der Waals surface area contributed by atoms with Gasteiger partial charge in [0.05, 0.1) is 12.2 Å². The maximum atomic E-state index is 12.6. The molecule has 0 unspecified atom stereocenters. The van der Waals surface area contributed by atoms with Crippen LogP contribution < -0.4 is 10.1 Å². The first-order valence-corrected chi connectivity index (χ1v) is 8.97. The molecule has 2 aromatic heterocycles. The van der Waals surface area contributed by atoms with E-state index < -0.39 is 0 Å². The van der Waals surface area contributed by atoms with E-state index in [-0.39, 0.29) is 5.91 Å². The van der Waals surface area contributed by atoms with Gasteiger partial charge in [0.2, 0.25) is 0 Å². The number of carbonyl (C=O) groups excluding carboxylic acids is 1. The Morgan fingerprint density at radius 1 is 1.26 bits per heavy atom. The summed E-state index contributed by atoms with van der Waals surface area (Å²) in [7, 11) is 1.74. The second-order valence-electron chi connectivity index (χ2n) is 6.59. The van der Waals surface area contributed by atoms with Crippen molar-refractivity contribution in [3.8, 4) is 5.75 Å². The molecule has 1 fully saturated rings. The van der Waals surface area contributed by atoms with Gasteiger partial charge in [-0.3, -0.25) is 4.79 Å². The number of aryl methyl sites for hydroxylation is 1. The van der Waals surface area contributed by atoms with Gasteiger partial charge in [0.25, 0.3) is 5.91 Å². The van der Waals surface area contributed by atoms with Crippen molar-refractivity contribution < 1.29 is 14.3 Å². The molecule has 8 heteroatoms. The maximum Gasteiger partial charge on any atom is 0.258 e. The van der Waals surface area contributed by atoms with Crippen molar-refractivity contribution in [3.63, 3.8) is 0 Å². The average molecular weight is 367 g/mol. The minimum atomic E-state index is -0.251. The van der Waals surface area contributed by atoms with Crippen LogP contribution in [0, 0.1) is 5.92 Å². The van der Waals surface area contributed by atoms with Gasteiger partial charge in [-0.25, -0.2) is 9.67 Å². The summed E-state index contributed by atoms with van der Waals surface area (Å²) in [5, 5.41) is 10.8. The van der Waals surface area contributed by atoms with Crippen molar-refractivity contribution in [3.05, 3.63) is 42.1 Å². The summed E-state index contributed by atoms with van der Waals surface area (Å²) in [6, 6.07) is 9.01. The summed E-state index contributed by atoms with van der Waals surface area (Å²) in [5.41, 5.74) is 2.17. The first kappa shape index (κ1) is 17.4. The lowest BCUT2D eigenvalue weighted by Crippen LogP contribution is -2.21. The van der Waals surface area contributed by atoms with Crippen LogP contribution in [0.4, 0.5) is 5.69 Å². The van der Waals surface area contributed by atoms with Crippen LogP contribution in [0.25, 0.3) is 11.2 Å². The van der Waals surface area contributed by atoms with E-state index in [9.17, 15) is 4.79 Å². The second-order valence-corrected chi connectivity index (χ2v) is 6.59. The molecule has 0 aliphatic carbocycles. The molecule has 0 bridgehead atoms. The zero-order valence-corrected chi connectivity index (χ0v) is 15.1. The lowest BCUT2D eigenvalue weighted by Gasteiger charge is -2.22. The van der Waals surface area contributed by atoms with Gasteiger partial charge < -0.3 is 14.8 Å².